The molecule has 0 bridgehead atoms. The van der Waals surface area contributed by atoms with E-state index in [1.807, 2.05) is 36.4 Å². The van der Waals surface area contributed by atoms with Gasteiger partial charge in [-0.25, -0.2) is 8.42 Å². The van der Waals surface area contributed by atoms with Crippen LogP contribution in [0.4, 0.5) is 0 Å². The molecule has 1 aromatic heterocycles. The Kier molecular flexibility index (Phi) is 4.57. The van der Waals surface area contributed by atoms with Gasteiger partial charge in [-0.05, 0) is 68.5 Å². The van der Waals surface area contributed by atoms with Crippen LogP contribution in [0, 0.1) is 0 Å². The Hall–Kier alpha value is -1.82. The highest BCUT2D eigenvalue weighted by Gasteiger charge is 2.30. The van der Waals surface area contributed by atoms with E-state index in [4.69, 9.17) is 15.4 Å². The van der Waals surface area contributed by atoms with Gasteiger partial charge in [0.2, 0.25) is 0 Å². The summed E-state index contributed by atoms with van der Waals surface area (Å²) < 4.78 is 31.9. The molecule has 0 unspecified atom stereocenters. The summed E-state index contributed by atoms with van der Waals surface area (Å²) in [6.45, 7) is 4.96. The van der Waals surface area contributed by atoms with Gasteiger partial charge >= 0.3 is 0 Å². The van der Waals surface area contributed by atoms with Gasteiger partial charge < -0.3 is 4.74 Å². The third kappa shape index (κ3) is 3.64. The normalized spacial score (nSPS) is 20.0. The van der Waals surface area contributed by atoms with Gasteiger partial charge in [-0.15, -0.1) is 0 Å². The lowest BCUT2D eigenvalue weighted by atomic mass is 9.83. The Bertz CT molecular complexity index is 1090. The number of ether oxygens (including phenoxy) is 1. The predicted octanol–water partition coefficient (Wildman–Crippen LogP) is 5.23. The van der Waals surface area contributed by atoms with Crippen LogP contribution in [0.1, 0.15) is 38.2 Å². The van der Waals surface area contributed by atoms with Crippen LogP contribution >= 0.6 is 10.7 Å². The number of fused-ring (bicyclic) bond motifs is 1. The molecule has 4 rings (SSSR count). The molecule has 2 aromatic carbocycles. The van der Waals surface area contributed by atoms with Gasteiger partial charge in [0.15, 0.2) is 5.03 Å². The smallest absolute Gasteiger partial charge is 0.277 e. The Balaban J connectivity index is 1.86. The van der Waals surface area contributed by atoms with Gasteiger partial charge in [0, 0.05) is 28.4 Å². The van der Waals surface area contributed by atoms with Crippen molar-refractivity contribution in [2.24, 2.45) is 0 Å². The molecule has 0 saturated carbocycles. The van der Waals surface area contributed by atoms with Crippen molar-refractivity contribution >= 4 is 30.6 Å². The molecular formula is C21H22ClNO3S. The molecule has 1 atom stereocenters. The Morgan fingerprint density at radius 2 is 1.85 bits per heavy atom. The van der Waals surface area contributed by atoms with Crippen LogP contribution in [-0.4, -0.2) is 25.2 Å². The van der Waals surface area contributed by atoms with Crippen molar-refractivity contribution in [3.8, 4) is 5.69 Å². The lowest BCUT2D eigenvalue weighted by molar-refractivity contribution is -0.0592. The molecule has 0 amide bonds. The number of aromatic nitrogens is 1. The molecule has 1 aliphatic heterocycles. The summed E-state index contributed by atoms with van der Waals surface area (Å²) in [4.78, 5) is 0. The van der Waals surface area contributed by atoms with Crippen LogP contribution < -0.4 is 0 Å². The van der Waals surface area contributed by atoms with E-state index < -0.39 is 9.05 Å². The summed E-state index contributed by atoms with van der Waals surface area (Å²) in [5.74, 6) is 0.397. The molecule has 0 aliphatic carbocycles. The van der Waals surface area contributed by atoms with E-state index in [1.54, 1.807) is 10.6 Å². The highest BCUT2D eigenvalue weighted by atomic mass is 35.7. The van der Waals surface area contributed by atoms with Crippen LogP contribution in [0.3, 0.4) is 0 Å². The van der Waals surface area contributed by atoms with Gasteiger partial charge in [0.05, 0.1) is 11.1 Å². The summed E-state index contributed by atoms with van der Waals surface area (Å²) in [6, 6.07) is 17.2. The van der Waals surface area contributed by atoms with Crippen LogP contribution in [0.5, 0.6) is 0 Å². The first-order chi connectivity index (χ1) is 12.7. The fraction of sp³-hybridized carbons (Fsp3) is 0.333. The minimum Gasteiger partial charge on any atom is -0.376 e. The second-order valence-corrected chi connectivity index (χ2v) is 10.2. The number of hydrogen-bond acceptors (Lipinski definition) is 3. The van der Waals surface area contributed by atoms with Gasteiger partial charge in [0.1, 0.15) is 0 Å². The molecule has 4 nitrogen and oxygen atoms in total. The third-order valence-corrected chi connectivity index (χ3v) is 6.50. The standard InChI is InChI=1S/C21H22ClNO3S/c1-21(2)14-16(10-11-26-21)15-8-9-19-17(12-15)13-20(27(22,24)25)23(19)18-6-4-3-5-7-18/h3-9,12-13,16H,10-11,14H2,1-2H3/t16-/m0/s1. The SMILES string of the molecule is CC1(C)C[C@@H](c2ccc3c(c2)cc(S(=O)(=O)Cl)n3-c2ccccc2)CCO1. The van der Waals surface area contributed by atoms with Crippen molar-refractivity contribution in [1.29, 1.82) is 0 Å². The monoisotopic (exact) mass is 403 g/mol. The van der Waals surface area contributed by atoms with Gasteiger partial charge in [-0.2, -0.15) is 0 Å². The molecule has 1 aliphatic rings. The predicted molar refractivity (Wildman–Crippen MR) is 108 cm³/mol. The van der Waals surface area contributed by atoms with Crippen LogP contribution in [0.25, 0.3) is 16.6 Å². The van der Waals surface area contributed by atoms with Crippen molar-refractivity contribution < 1.29 is 13.2 Å². The molecule has 142 valence electrons. The number of rotatable bonds is 3. The lowest BCUT2D eigenvalue weighted by Crippen LogP contribution is -2.32. The zero-order valence-corrected chi connectivity index (χ0v) is 16.9. The number of halogens is 1. The quantitative estimate of drug-likeness (QED) is 0.562. The van der Waals surface area contributed by atoms with Crippen molar-refractivity contribution in [2.75, 3.05) is 6.61 Å². The summed E-state index contributed by atoms with van der Waals surface area (Å²) in [6.07, 6.45) is 1.91. The first-order valence-electron chi connectivity index (χ1n) is 9.04. The molecule has 6 heteroatoms. The first kappa shape index (κ1) is 18.5. The second kappa shape index (κ2) is 6.66. The fourth-order valence-corrected chi connectivity index (χ4v) is 5.03. The van der Waals surface area contributed by atoms with E-state index >= 15 is 0 Å². The first-order valence-corrected chi connectivity index (χ1v) is 11.3. The summed E-state index contributed by atoms with van der Waals surface area (Å²) in [5.41, 5.74) is 2.67. The molecule has 0 N–H and O–H groups in total. The molecule has 3 aromatic rings. The Morgan fingerprint density at radius 3 is 2.52 bits per heavy atom. The Morgan fingerprint density at radius 1 is 1.11 bits per heavy atom. The average molecular weight is 404 g/mol. The highest BCUT2D eigenvalue weighted by Crippen LogP contribution is 2.38. The fourth-order valence-electron chi connectivity index (χ4n) is 4.00. The molecule has 0 radical (unpaired) electrons. The maximum absolute atomic E-state index is 12.2. The largest absolute Gasteiger partial charge is 0.376 e. The van der Waals surface area contributed by atoms with E-state index in [2.05, 4.69) is 26.0 Å². The van der Waals surface area contributed by atoms with Crippen molar-refractivity contribution in [3.63, 3.8) is 0 Å². The number of para-hydroxylation sites is 1. The van der Waals surface area contributed by atoms with E-state index in [9.17, 15) is 8.42 Å². The van der Waals surface area contributed by atoms with Crippen molar-refractivity contribution in [3.05, 3.63) is 60.2 Å². The second-order valence-electron chi connectivity index (χ2n) is 7.71. The lowest BCUT2D eigenvalue weighted by Gasteiger charge is -2.35. The molecule has 0 spiro atoms. The maximum atomic E-state index is 12.2. The maximum Gasteiger partial charge on any atom is 0.277 e. The van der Waals surface area contributed by atoms with E-state index in [-0.39, 0.29) is 10.6 Å². The van der Waals surface area contributed by atoms with Crippen LogP contribution in [-0.2, 0) is 13.8 Å². The minimum absolute atomic E-state index is 0.0924. The Labute approximate surface area is 164 Å². The topological polar surface area (TPSA) is 48.3 Å². The molecular weight excluding hydrogens is 382 g/mol. The molecule has 2 heterocycles. The molecule has 1 saturated heterocycles. The molecule has 27 heavy (non-hydrogen) atoms. The van der Waals surface area contributed by atoms with Gasteiger partial charge in [0.25, 0.3) is 9.05 Å². The van der Waals surface area contributed by atoms with Crippen molar-refractivity contribution in [2.45, 2.75) is 43.2 Å². The van der Waals surface area contributed by atoms with E-state index in [0.717, 1.165) is 36.0 Å². The number of benzene rings is 2. The van der Waals surface area contributed by atoms with E-state index in [1.165, 1.54) is 5.56 Å². The summed E-state index contributed by atoms with van der Waals surface area (Å²) in [5, 5.41) is 0.967. The zero-order valence-electron chi connectivity index (χ0n) is 15.4. The average Bonchev–Trinajstić information content (AvgIpc) is 3.00. The van der Waals surface area contributed by atoms with Gasteiger partial charge in [-0.1, -0.05) is 24.3 Å². The van der Waals surface area contributed by atoms with Crippen LogP contribution in [0.15, 0.2) is 59.6 Å². The van der Waals surface area contributed by atoms with Gasteiger partial charge in [-0.3, -0.25) is 4.57 Å². The third-order valence-electron chi connectivity index (χ3n) is 5.22. The van der Waals surface area contributed by atoms with E-state index in [0.29, 0.717) is 5.92 Å². The highest BCUT2D eigenvalue weighted by molar-refractivity contribution is 8.13. The zero-order chi connectivity index (χ0) is 19.2. The number of hydrogen-bond donors (Lipinski definition) is 0. The summed E-state index contributed by atoms with van der Waals surface area (Å²) in [7, 11) is 1.86. The number of nitrogens with zero attached hydrogens (tertiary/aromatic N) is 1. The molecule has 1 fully saturated rings. The minimum atomic E-state index is -3.88. The van der Waals surface area contributed by atoms with Crippen molar-refractivity contribution in [1.82, 2.24) is 4.57 Å². The summed E-state index contributed by atoms with van der Waals surface area (Å²) >= 11 is 0. The van der Waals surface area contributed by atoms with Crippen LogP contribution in [0.2, 0.25) is 0 Å².